The molecule has 0 N–H and O–H groups in total. The van der Waals surface area contributed by atoms with Gasteiger partial charge in [0.15, 0.2) is 0 Å². The zero-order valence-corrected chi connectivity index (χ0v) is 20.0. The SMILES string of the molecule is O=Cc1ccc(OCCOCCOc2cccc(OCCOCCOc3ccc(C=O)cc3)c2)cc1. The lowest BCUT2D eigenvalue weighted by molar-refractivity contribution is 0.0747. The maximum absolute atomic E-state index is 10.6. The molecule has 0 aliphatic heterocycles. The molecular weight excluding hydrogens is 464 g/mol. The molecule has 8 heteroatoms. The van der Waals surface area contributed by atoms with Crippen LogP contribution in [0, 0.1) is 0 Å². The molecule has 0 atom stereocenters. The molecule has 0 amide bonds. The fraction of sp³-hybridized carbons (Fsp3) is 0.286. The first-order chi connectivity index (χ1) is 17.8. The summed E-state index contributed by atoms with van der Waals surface area (Å²) in [5, 5.41) is 0. The predicted molar refractivity (Wildman–Crippen MR) is 134 cm³/mol. The van der Waals surface area contributed by atoms with Gasteiger partial charge < -0.3 is 28.4 Å². The van der Waals surface area contributed by atoms with Gasteiger partial charge in [-0.1, -0.05) is 6.07 Å². The minimum Gasteiger partial charge on any atom is -0.491 e. The first kappa shape index (κ1) is 26.7. The molecule has 0 bridgehead atoms. The average Bonchev–Trinajstić information content (AvgIpc) is 2.93. The van der Waals surface area contributed by atoms with Crippen molar-refractivity contribution in [3.8, 4) is 23.0 Å². The molecule has 190 valence electrons. The molecule has 0 saturated heterocycles. The topological polar surface area (TPSA) is 89.5 Å². The summed E-state index contributed by atoms with van der Waals surface area (Å²) < 4.78 is 33.6. The Hall–Kier alpha value is -3.88. The van der Waals surface area contributed by atoms with Crippen molar-refractivity contribution in [2.75, 3.05) is 52.9 Å². The van der Waals surface area contributed by atoms with E-state index in [2.05, 4.69) is 0 Å². The first-order valence-corrected chi connectivity index (χ1v) is 11.6. The third-order valence-electron chi connectivity index (χ3n) is 4.82. The van der Waals surface area contributed by atoms with Gasteiger partial charge in [0, 0.05) is 17.2 Å². The molecule has 3 rings (SSSR count). The molecule has 0 aromatic heterocycles. The normalized spacial score (nSPS) is 10.4. The number of benzene rings is 3. The number of ether oxygens (including phenoxy) is 6. The maximum atomic E-state index is 10.6. The summed E-state index contributed by atoms with van der Waals surface area (Å²) in [6.07, 6.45) is 1.59. The van der Waals surface area contributed by atoms with Crippen LogP contribution in [0.15, 0.2) is 72.8 Å². The summed E-state index contributed by atoms with van der Waals surface area (Å²) in [6.45, 7) is 3.33. The van der Waals surface area contributed by atoms with Gasteiger partial charge in [0.25, 0.3) is 0 Å². The van der Waals surface area contributed by atoms with Gasteiger partial charge in [0.05, 0.1) is 26.4 Å². The molecular formula is C28H30O8. The summed E-state index contributed by atoms with van der Waals surface area (Å²) in [4.78, 5) is 21.3. The van der Waals surface area contributed by atoms with Crippen LogP contribution in [-0.2, 0) is 9.47 Å². The van der Waals surface area contributed by atoms with E-state index in [-0.39, 0.29) is 0 Å². The zero-order valence-electron chi connectivity index (χ0n) is 20.0. The van der Waals surface area contributed by atoms with Crippen LogP contribution in [0.25, 0.3) is 0 Å². The fourth-order valence-electron chi connectivity index (χ4n) is 3.02. The quantitative estimate of drug-likeness (QED) is 0.191. The Morgan fingerprint density at radius 1 is 0.444 bits per heavy atom. The average molecular weight is 495 g/mol. The standard InChI is InChI=1S/C28H30O8/c29-21-23-4-8-25(9-5-23)33-16-12-31-14-18-35-27-2-1-3-28(20-27)36-19-15-32-13-17-34-26-10-6-24(22-30)7-11-26/h1-11,20-22H,12-19H2. The monoisotopic (exact) mass is 494 g/mol. The van der Waals surface area contributed by atoms with Crippen molar-refractivity contribution in [2.24, 2.45) is 0 Å². The van der Waals surface area contributed by atoms with Crippen molar-refractivity contribution in [3.05, 3.63) is 83.9 Å². The number of hydrogen-bond donors (Lipinski definition) is 0. The van der Waals surface area contributed by atoms with Gasteiger partial charge in [-0.25, -0.2) is 0 Å². The minimum absolute atomic E-state index is 0.401. The second-order valence-electron chi connectivity index (χ2n) is 7.47. The summed E-state index contributed by atoms with van der Waals surface area (Å²) in [5.74, 6) is 2.77. The molecule has 0 fully saturated rings. The number of aldehydes is 2. The van der Waals surface area contributed by atoms with Gasteiger partial charge in [0.2, 0.25) is 0 Å². The van der Waals surface area contributed by atoms with Gasteiger partial charge in [-0.3, -0.25) is 9.59 Å². The second kappa shape index (κ2) is 15.9. The van der Waals surface area contributed by atoms with Crippen LogP contribution in [0.2, 0.25) is 0 Å². The van der Waals surface area contributed by atoms with Gasteiger partial charge in [-0.2, -0.15) is 0 Å². The molecule has 8 nitrogen and oxygen atoms in total. The van der Waals surface area contributed by atoms with Gasteiger partial charge in [-0.05, 0) is 60.7 Å². The predicted octanol–water partition coefficient (Wildman–Crippen LogP) is 4.26. The lowest BCUT2D eigenvalue weighted by Crippen LogP contribution is -2.12. The van der Waals surface area contributed by atoms with Crippen molar-refractivity contribution < 1.29 is 38.0 Å². The van der Waals surface area contributed by atoms with Crippen molar-refractivity contribution >= 4 is 12.6 Å². The Balaban J connectivity index is 1.19. The highest BCUT2D eigenvalue weighted by molar-refractivity contribution is 5.75. The van der Waals surface area contributed by atoms with E-state index < -0.39 is 0 Å². The molecule has 0 aliphatic carbocycles. The first-order valence-electron chi connectivity index (χ1n) is 11.6. The number of carbonyl (C=O) groups is 2. The van der Waals surface area contributed by atoms with Crippen LogP contribution in [-0.4, -0.2) is 65.4 Å². The van der Waals surface area contributed by atoms with Crippen molar-refractivity contribution in [1.82, 2.24) is 0 Å². The van der Waals surface area contributed by atoms with Crippen LogP contribution in [0.1, 0.15) is 20.7 Å². The number of rotatable bonds is 18. The molecule has 3 aromatic carbocycles. The third-order valence-corrected chi connectivity index (χ3v) is 4.82. The highest BCUT2D eigenvalue weighted by Crippen LogP contribution is 2.19. The van der Waals surface area contributed by atoms with Gasteiger partial charge >= 0.3 is 0 Å². The summed E-state index contributed by atoms with van der Waals surface area (Å²) in [7, 11) is 0. The summed E-state index contributed by atoms with van der Waals surface area (Å²) in [6, 6.07) is 21.2. The van der Waals surface area contributed by atoms with E-state index in [0.29, 0.717) is 87.0 Å². The molecule has 3 aromatic rings. The number of hydrogen-bond acceptors (Lipinski definition) is 8. The Labute approximate surface area is 210 Å². The number of carbonyl (C=O) groups excluding carboxylic acids is 2. The minimum atomic E-state index is 0.401. The maximum Gasteiger partial charge on any atom is 0.150 e. The van der Waals surface area contributed by atoms with Crippen LogP contribution >= 0.6 is 0 Å². The third kappa shape index (κ3) is 10.2. The Kier molecular flexibility index (Phi) is 11.8. The van der Waals surface area contributed by atoms with Crippen molar-refractivity contribution in [2.45, 2.75) is 0 Å². The van der Waals surface area contributed by atoms with Gasteiger partial charge in [0.1, 0.15) is 62.0 Å². The van der Waals surface area contributed by atoms with E-state index in [9.17, 15) is 9.59 Å². The highest BCUT2D eigenvalue weighted by Gasteiger charge is 2.00. The van der Waals surface area contributed by atoms with E-state index in [1.165, 1.54) is 0 Å². The lowest BCUT2D eigenvalue weighted by Gasteiger charge is -2.11. The van der Waals surface area contributed by atoms with Crippen molar-refractivity contribution in [3.63, 3.8) is 0 Å². The molecule has 0 radical (unpaired) electrons. The molecule has 0 spiro atoms. The lowest BCUT2D eigenvalue weighted by atomic mass is 10.2. The molecule has 0 saturated carbocycles. The van der Waals surface area contributed by atoms with E-state index >= 15 is 0 Å². The fourth-order valence-corrected chi connectivity index (χ4v) is 3.02. The zero-order chi connectivity index (χ0) is 25.3. The van der Waals surface area contributed by atoms with Crippen LogP contribution < -0.4 is 18.9 Å². The van der Waals surface area contributed by atoms with E-state index in [4.69, 9.17) is 28.4 Å². The highest BCUT2D eigenvalue weighted by atomic mass is 16.6. The van der Waals surface area contributed by atoms with Crippen LogP contribution in [0.5, 0.6) is 23.0 Å². The second-order valence-corrected chi connectivity index (χ2v) is 7.47. The smallest absolute Gasteiger partial charge is 0.150 e. The van der Waals surface area contributed by atoms with E-state index in [0.717, 1.165) is 12.6 Å². The largest absolute Gasteiger partial charge is 0.491 e. The van der Waals surface area contributed by atoms with Crippen molar-refractivity contribution in [1.29, 1.82) is 0 Å². The molecule has 0 aliphatic rings. The molecule has 0 heterocycles. The van der Waals surface area contributed by atoms with E-state index in [1.807, 2.05) is 24.3 Å². The molecule has 0 unspecified atom stereocenters. The molecule has 36 heavy (non-hydrogen) atoms. The van der Waals surface area contributed by atoms with Crippen LogP contribution in [0.3, 0.4) is 0 Å². The van der Waals surface area contributed by atoms with Crippen LogP contribution in [0.4, 0.5) is 0 Å². The Morgan fingerprint density at radius 3 is 1.17 bits per heavy atom. The van der Waals surface area contributed by atoms with Gasteiger partial charge in [-0.15, -0.1) is 0 Å². The summed E-state index contributed by atoms with van der Waals surface area (Å²) in [5.41, 5.74) is 1.22. The van der Waals surface area contributed by atoms with E-state index in [1.54, 1.807) is 48.5 Å². The Bertz CT molecular complexity index is 953. The Morgan fingerprint density at radius 2 is 0.806 bits per heavy atom. The summed E-state index contributed by atoms with van der Waals surface area (Å²) >= 11 is 0.